The van der Waals surface area contributed by atoms with E-state index in [-0.39, 0.29) is 0 Å². The molecule has 0 heterocycles. The number of nitrogens with one attached hydrogen (secondary N) is 1. The average Bonchev–Trinajstić information content (AvgIpc) is 1.80. The molecule has 1 N–H and O–H groups in total. The van der Waals surface area contributed by atoms with Gasteiger partial charge in [0.25, 0.3) is 0 Å². The molecule has 13 heavy (non-hydrogen) atoms. The molecule has 0 atom stereocenters. The molecule has 2 heteroatoms. The Labute approximate surface area is 82.8 Å². The Bertz CT molecular complexity index is 145. The molecule has 0 aromatic rings. The highest BCUT2D eigenvalue weighted by Crippen LogP contribution is 2.02. The van der Waals surface area contributed by atoms with Crippen molar-refractivity contribution in [3.8, 4) is 0 Å². The predicted octanol–water partition coefficient (Wildman–Crippen LogP) is 2.84. The summed E-state index contributed by atoms with van der Waals surface area (Å²) in [4.78, 5) is 4.56. The van der Waals surface area contributed by atoms with Gasteiger partial charge in [-0.1, -0.05) is 13.8 Å². The summed E-state index contributed by atoms with van der Waals surface area (Å²) in [6.07, 6.45) is 1.05. The molecule has 0 unspecified atom stereocenters. The lowest BCUT2D eigenvalue weighted by molar-refractivity contribution is 0.635. The van der Waals surface area contributed by atoms with Crippen molar-refractivity contribution in [2.24, 2.45) is 10.9 Å². The van der Waals surface area contributed by atoms with Gasteiger partial charge < -0.3 is 5.32 Å². The first kappa shape index (κ1) is 12.5. The fourth-order valence-corrected chi connectivity index (χ4v) is 1.18. The molecule has 0 radical (unpaired) electrons. The molecule has 0 spiro atoms. The van der Waals surface area contributed by atoms with Crippen LogP contribution in [-0.4, -0.2) is 17.9 Å². The molecule has 0 fully saturated rings. The minimum absolute atomic E-state index is 0.389. The van der Waals surface area contributed by atoms with Crippen LogP contribution in [0.2, 0.25) is 0 Å². The van der Waals surface area contributed by atoms with Gasteiger partial charge in [-0.3, -0.25) is 4.99 Å². The second kappa shape index (κ2) is 6.01. The summed E-state index contributed by atoms with van der Waals surface area (Å²) in [6, 6.07) is 0.872. The van der Waals surface area contributed by atoms with Gasteiger partial charge in [0.1, 0.15) is 0 Å². The summed E-state index contributed by atoms with van der Waals surface area (Å²) in [5.41, 5.74) is 0. The third-order valence-corrected chi connectivity index (χ3v) is 1.47. The lowest BCUT2D eigenvalue weighted by atomic mass is 10.1. The van der Waals surface area contributed by atoms with Gasteiger partial charge in [-0.2, -0.15) is 0 Å². The Morgan fingerprint density at radius 1 is 1.08 bits per heavy atom. The monoisotopic (exact) mass is 184 g/mol. The lowest BCUT2D eigenvalue weighted by Crippen LogP contribution is -2.32. The number of nitrogens with zero attached hydrogens (tertiary/aromatic N) is 1. The molecule has 2 nitrogen and oxygen atoms in total. The molecule has 78 valence electrons. The van der Waals surface area contributed by atoms with E-state index >= 15 is 0 Å². The van der Waals surface area contributed by atoms with Crippen molar-refractivity contribution >= 4 is 5.84 Å². The van der Waals surface area contributed by atoms with Gasteiger partial charge in [0.05, 0.1) is 5.84 Å². The number of amidine groups is 1. The summed E-state index contributed by atoms with van der Waals surface area (Å²) in [5, 5.41) is 3.39. The standard InChI is InChI=1S/C11H24N2/c1-8(2)7-11(12-9(3)4)13-10(5)6/h8-10H,7H2,1-6H3,(H,12,13). The van der Waals surface area contributed by atoms with Crippen molar-refractivity contribution in [3.05, 3.63) is 0 Å². The van der Waals surface area contributed by atoms with E-state index in [9.17, 15) is 0 Å². The Balaban J connectivity index is 4.19. The van der Waals surface area contributed by atoms with Crippen molar-refractivity contribution < 1.29 is 0 Å². The molecule has 0 aliphatic heterocycles. The van der Waals surface area contributed by atoms with Gasteiger partial charge in [0.2, 0.25) is 0 Å². The van der Waals surface area contributed by atoms with Crippen LogP contribution in [0.1, 0.15) is 48.0 Å². The summed E-state index contributed by atoms with van der Waals surface area (Å²) in [6.45, 7) is 13.0. The van der Waals surface area contributed by atoms with Crippen molar-refractivity contribution in [2.75, 3.05) is 0 Å². The van der Waals surface area contributed by atoms with Crippen molar-refractivity contribution in [3.63, 3.8) is 0 Å². The van der Waals surface area contributed by atoms with E-state index in [0.29, 0.717) is 18.0 Å². The van der Waals surface area contributed by atoms with Crippen LogP contribution in [0, 0.1) is 5.92 Å². The molecule has 0 aliphatic carbocycles. The van der Waals surface area contributed by atoms with Gasteiger partial charge in [-0.15, -0.1) is 0 Å². The van der Waals surface area contributed by atoms with Crippen LogP contribution in [-0.2, 0) is 0 Å². The van der Waals surface area contributed by atoms with E-state index in [4.69, 9.17) is 0 Å². The van der Waals surface area contributed by atoms with Crippen LogP contribution in [0.4, 0.5) is 0 Å². The Hall–Kier alpha value is -0.530. The summed E-state index contributed by atoms with van der Waals surface area (Å²) < 4.78 is 0. The zero-order valence-electron chi connectivity index (χ0n) is 9.89. The van der Waals surface area contributed by atoms with Gasteiger partial charge in [-0.25, -0.2) is 0 Å². The van der Waals surface area contributed by atoms with Crippen LogP contribution in [0.3, 0.4) is 0 Å². The molecule has 0 saturated carbocycles. The van der Waals surface area contributed by atoms with E-state index in [1.165, 1.54) is 0 Å². The fraction of sp³-hybridized carbons (Fsp3) is 0.909. The number of rotatable bonds is 4. The summed E-state index contributed by atoms with van der Waals surface area (Å²) in [5.74, 6) is 1.82. The third kappa shape index (κ3) is 7.82. The first-order valence-corrected chi connectivity index (χ1v) is 5.25. The Morgan fingerprint density at radius 3 is 1.92 bits per heavy atom. The van der Waals surface area contributed by atoms with Gasteiger partial charge in [0.15, 0.2) is 0 Å². The van der Waals surface area contributed by atoms with Crippen molar-refractivity contribution in [1.29, 1.82) is 0 Å². The van der Waals surface area contributed by atoms with Crippen molar-refractivity contribution in [1.82, 2.24) is 5.32 Å². The predicted molar refractivity (Wildman–Crippen MR) is 60.3 cm³/mol. The normalized spacial score (nSPS) is 13.2. The molecule has 0 aromatic heterocycles. The minimum atomic E-state index is 0.389. The molecule has 0 rings (SSSR count). The Morgan fingerprint density at radius 2 is 1.62 bits per heavy atom. The average molecular weight is 184 g/mol. The number of hydrogen-bond acceptors (Lipinski definition) is 1. The second-order valence-corrected chi connectivity index (χ2v) is 4.57. The molecular formula is C11H24N2. The maximum Gasteiger partial charge on any atom is 0.0970 e. The van der Waals surface area contributed by atoms with E-state index in [1.54, 1.807) is 0 Å². The van der Waals surface area contributed by atoms with E-state index in [0.717, 1.165) is 12.3 Å². The lowest BCUT2D eigenvalue weighted by Gasteiger charge is -2.16. The fourth-order valence-electron chi connectivity index (χ4n) is 1.18. The number of hydrogen-bond donors (Lipinski definition) is 1. The molecule has 0 aromatic carbocycles. The highest BCUT2D eigenvalue weighted by Gasteiger charge is 2.04. The summed E-state index contributed by atoms with van der Waals surface area (Å²) >= 11 is 0. The third-order valence-electron chi connectivity index (χ3n) is 1.47. The molecule has 0 bridgehead atoms. The van der Waals surface area contributed by atoms with Gasteiger partial charge >= 0.3 is 0 Å². The largest absolute Gasteiger partial charge is 0.372 e. The maximum absolute atomic E-state index is 4.56. The topological polar surface area (TPSA) is 24.4 Å². The minimum Gasteiger partial charge on any atom is -0.372 e. The smallest absolute Gasteiger partial charge is 0.0970 e. The molecule has 0 amide bonds. The highest BCUT2D eigenvalue weighted by atomic mass is 15.0. The van der Waals surface area contributed by atoms with Gasteiger partial charge in [-0.05, 0) is 33.6 Å². The first-order chi connectivity index (χ1) is 5.91. The van der Waals surface area contributed by atoms with Gasteiger partial charge in [0, 0.05) is 18.5 Å². The zero-order valence-corrected chi connectivity index (χ0v) is 9.89. The highest BCUT2D eigenvalue weighted by molar-refractivity contribution is 5.82. The maximum atomic E-state index is 4.56. The molecule has 0 aliphatic rings. The Kier molecular flexibility index (Phi) is 5.76. The zero-order chi connectivity index (χ0) is 10.4. The summed E-state index contributed by atoms with van der Waals surface area (Å²) in [7, 11) is 0. The van der Waals surface area contributed by atoms with E-state index in [2.05, 4.69) is 51.9 Å². The molecular weight excluding hydrogens is 160 g/mol. The van der Waals surface area contributed by atoms with Crippen LogP contribution in [0.15, 0.2) is 4.99 Å². The first-order valence-electron chi connectivity index (χ1n) is 5.25. The quantitative estimate of drug-likeness (QED) is 0.527. The van der Waals surface area contributed by atoms with Crippen LogP contribution >= 0.6 is 0 Å². The van der Waals surface area contributed by atoms with Crippen LogP contribution in [0.5, 0.6) is 0 Å². The van der Waals surface area contributed by atoms with E-state index in [1.807, 2.05) is 0 Å². The SMILES string of the molecule is CC(C)CC(=NC(C)C)NC(C)C. The van der Waals surface area contributed by atoms with E-state index < -0.39 is 0 Å². The van der Waals surface area contributed by atoms with Crippen LogP contribution in [0.25, 0.3) is 0 Å². The number of aliphatic imine (C=N–C) groups is 1. The van der Waals surface area contributed by atoms with Crippen LogP contribution < -0.4 is 5.32 Å². The second-order valence-electron chi connectivity index (χ2n) is 4.57. The molecule has 0 saturated heterocycles. The van der Waals surface area contributed by atoms with Crippen molar-refractivity contribution in [2.45, 2.75) is 60.0 Å².